The van der Waals surface area contributed by atoms with E-state index in [0.29, 0.717) is 6.04 Å². The van der Waals surface area contributed by atoms with Crippen LogP contribution in [-0.4, -0.2) is 19.3 Å². The van der Waals surface area contributed by atoms with Gasteiger partial charge in [-0.15, -0.1) is 0 Å². The van der Waals surface area contributed by atoms with Crippen molar-refractivity contribution in [2.45, 2.75) is 19.9 Å². The van der Waals surface area contributed by atoms with Crippen molar-refractivity contribution >= 4 is 6.21 Å². The van der Waals surface area contributed by atoms with Crippen LogP contribution in [0.5, 0.6) is 0 Å². The Morgan fingerprint density at radius 2 is 2.11 bits per heavy atom. The van der Waals surface area contributed by atoms with Crippen molar-refractivity contribution in [3.8, 4) is 0 Å². The van der Waals surface area contributed by atoms with Crippen LogP contribution in [0.25, 0.3) is 0 Å². The Balaban J connectivity index is 3.35. The summed E-state index contributed by atoms with van der Waals surface area (Å²) in [5.41, 5.74) is 0. The summed E-state index contributed by atoms with van der Waals surface area (Å²) in [6, 6.07) is 0.395. The molecule has 0 heterocycles. The predicted octanol–water partition coefficient (Wildman–Crippen LogP) is 1.20. The fraction of sp³-hybridized carbons (Fsp3) is 0.571. The Morgan fingerprint density at radius 3 is 2.56 bits per heavy atom. The molecule has 0 saturated heterocycles. The highest BCUT2D eigenvalue weighted by molar-refractivity contribution is 5.70. The Kier molecular flexibility index (Phi) is 4.88. The molecule has 0 amide bonds. The van der Waals surface area contributed by atoms with Crippen LogP contribution >= 0.6 is 0 Å². The van der Waals surface area contributed by atoms with Gasteiger partial charge in [0.1, 0.15) is 0 Å². The van der Waals surface area contributed by atoms with Crippen molar-refractivity contribution < 1.29 is 0 Å². The summed E-state index contributed by atoms with van der Waals surface area (Å²) in [4.78, 5) is 4.11. The van der Waals surface area contributed by atoms with E-state index in [0.717, 1.165) is 0 Å². The van der Waals surface area contributed by atoms with Gasteiger partial charge in [0.2, 0.25) is 0 Å². The minimum absolute atomic E-state index is 0.395. The molecular weight excluding hydrogens is 112 g/mol. The van der Waals surface area contributed by atoms with Gasteiger partial charge in [-0.05, 0) is 26.1 Å². The molecule has 0 aliphatic carbocycles. The zero-order valence-corrected chi connectivity index (χ0v) is 6.26. The van der Waals surface area contributed by atoms with E-state index in [9.17, 15) is 0 Å². The lowest BCUT2D eigenvalue weighted by Gasteiger charge is -1.89. The lowest BCUT2D eigenvalue weighted by Crippen LogP contribution is -1.92. The molecule has 0 atom stereocenters. The van der Waals surface area contributed by atoms with E-state index in [1.165, 1.54) is 0 Å². The van der Waals surface area contributed by atoms with E-state index in [1.54, 1.807) is 6.21 Å². The summed E-state index contributed by atoms with van der Waals surface area (Å²) in [7, 11) is 1.86. The highest BCUT2D eigenvalue weighted by Crippen LogP contribution is 1.81. The summed E-state index contributed by atoms with van der Waals surface area (Å²) >= 11 is 0. The third-order valence-electron chi connectivity index (χ3n) is 0.733. The molecule has 0 bridgehead atoms. The average molecular weight is 126 g/mol. The second-order valence-corrected chi connectivity index (χ2v) is 2.04. The molecular formula is C7H14N2. The van der Waals surface area contributed by atoms with Crippen molar-refractivity contribution in [2.24, 2.45) is 4.99 Å². The van der Waals surface area contributed by atoms with Crippen LogP contribution in [0.1, 0.15) is 13.8 Å². The minimum atomic E-state index is 0.395. The summed E-state index contributed by atoms with van der Waals surface area (Å²) in [6.07, 6.45) is 5.51. The molecule has 0 unspecified atom stereocenters. The van der Waals surface area contributed by atoms with Gasteiger partial charge in [0, 0.05) is 19.3 Å². The average Bonchev–Trinajstić information content (AvgIpc) is 1.80. The fourth-order valence-electron chi connectivity index (χ4n) is 0.361. The molecule has 2 heteroatoms. The van der Waals surface area contributed by atoms with Crippen LogP contribution in [-0.2, 0) is 0 Å². The summed E-state index contributed by atoms with van der Waals surface area (Å²) < 4.78 is 0. The smallest absolute Gasteiger partial charge is 0.0443 e. The Labute approximate surface area is 56.7 Å². The SMILES string of the molecule is CN/C=C\C=N/C(C)C. The Bertz CT molecular complexity index is 103. The molecule has 0 saturated carbocycles. The van der Waals surface area contributed by atoms with Gasteiger partial charge in [-0.3, -0.25) is 4.99 Å². The number of rotatable bonds is 3. The van der Waals surface area contributed by atoms with Gasteiger partial charge < -0.3 is 5.32 Å². The van der Waals surface area contributed by atoms with Crippen LogP contribution in [0.2, 0.25) is 0 Å². The first-order valence-electron chi connectivity index (χ1n) is 3.13. The monoisotopic (exact) mass is 126 g/mol. The molecule has 0 rings (SSSR count). The second kappa shape index (κ2) is 5.35. The van der Waals surface area contributed by atoms with Gasteiger partial charge in [-0.25, -0.2) is 0 Å². The number of hydrogen-bond acceptors (Lipinski definition) is 2. The first kappa shape index (κ1) is 8.21. The van der Waals surface area contributed by atoms with E-state index in [2.05, 4.69) is 10.3 Å². The summed E-state index contributed by atoms with van der Waals surface area (Å²) in [5.74, 6) is 0. The molecule has 0 spiro atoms. The molecule has 52 valence electrons. The largest absolute Gasteiger partial charge is 0.394 e. The van der Waals surface area contributed by atoms with E-state index in [4.69, 9.17) is 0 Å². The third kappa shape index (κ3) is 7.21. The highest BCUT2D eigenvalue weighted by Gasteiger charge is 1.78. The van der Waals surface area contributed by atoms with Crippen molar-refractivity contribution in [1.29, 1.82) is 0 Å². The molecule has 1 N–H and O–H groups in total. The fourth-order valence-corrected chi connectivity index (χ4v) is 0.361. The Morgan fingerprint density at radius 1 is 1.44 bits per heavy atom. The highest BCUT2D eigenvalue weighted by atomic mass is 14.8. The molecule has 0 radical (unpaired) electrons. The van der Waals surface area contributed by atoms with Crippen LogP contribution in [0.3, 0.4) is 0 Å². The van der Waals surface area contributed by atoms with Gasteiger partial charge >= 0.3 is 0 Å². The lowest BCUT2D eigenvalue weighted by molar-refractivity contribution is 0.841. The number of allylic oxidation sites excluding steroid dienone is 1. The molecule has 2 nitrogen and oxygen atoms in total. The first-order valence-corrected chi connectivity index (χ1v) is 3.13. The second-order valence-electron chi connectivity index (χ2n) is 2.04. The van der Waals surface area contributed by atoms with Gasteiger partial charge in [0.15, 0.2) is 0 Å². The topological polar surface area (TPSA) is 24.4 Å². The molecule has 0 aromatic heterocycles. The summed E-state index contributed by atoms with van der Waals surface area (Å²) in [6.45, 7) is 4.09. The number of nitrogens with one attached hydrogen (secondary N) is 1. The molecule has 9 heavy (non-hydrogen) atoms. The van der Waals surface area contributed by atoms with Gasteiger partial charge in [-0.1, -0.05) is 0 Å². The van der Waals surface area contributed by atoms with Crippen LogP contribution in [0.4, 0.5) is 0 Å². The van der Waals surface area contributed by atoms with Crippen molar-refractivity contribution in [3.05, 3.63) is 12.3 Å². The van der Waals surface area contributed by atoms with Crippen molar-refractivity contribution in [2.75, 3.05) is 7.05 Å². The molecule has 0 aromatic rings. The van der Waals surface area contributed by atoms with Crippen LogP contribution < -0.4 is 5.32 Å². The standard InChI is InChI=1S/C7H14N2/c1-7(2)9-6-4-5-8-3/h4-8H,1-3H3/b5-4-,9-6-. The predicted molar refractivity (Wildman–Crippen MR) is 41.8 cm³/mol. The van der Waals surface area contributed by atoms with Crippen molar-refractivity contribution in [1.82, 2.24) is 5.32 Å². The molecule has 0 aliphatic rings. The maximum absolute atomic E-state index is 4.11. The minimum Gasteiger partial charge on any atom is -0.394 e. The maximum Gasteiger partial charge on any atom is 0.0443 e. The Hall–Kier alpha value is -0.790. The zero-order chi connectivity index (χ0) is 7.11. The van der Waals surface area contributed by atoms with E-state index >= 15 is 0 Å². The van der Waals surface area contributed by atoms with Crippen molar-refractivity contribution in [3.63, 3.8) is 0 Å². The molecule has 0 fully saturated rings. The van der Waals surface area contributed by atoms with E-state index in [1.807, 2.05) is 33.2 Å². The van der Waals surface area contributed by atoms with Crippen LogP contribution in [0.15, 0.2) is 17.3 Å². The van der Waals surface area contributed by atoms with Gasteiger partial charge in [-0.2, -0.15) is 0 Å². The quantitative estimate of drug-likeness (QED) is 0.564. The van der Waals surface area contributed by atoms with Gasteiger partial charge in [0.05, 0.1) is 0 Å². The van der Waals surface area contributed by atoms with Crippen LogP contribution in [0, 0.1) is 0 Å². The van der Waals surface area contributed by atoms with E-state index in [-0.39, 0.29) is 0 Å². The molecule has 0 aliphatic heterocycles. The third-order valence-corrected chi connectivity index (χ3v) is 0.733. The number of hydrogen-bond donors (Lipinski definition) is 1. The molecule has 0 aromatic carbocycles. The maximum atomic E-state index is 4.11. The number of nitrogens with zero attached hydrogens (tertiary/aromatic N) is 1. The number of aliphatic imine (C=N–C) groups is 1. The normalized spacial score (nSPS) is 12.0. The van der Waals surface area contributed by atoms with E-state index < -0.39 is 0 Å². The zero-order valence-electron chi connectivity index (χ0n) is 6.26. The van der Waals surface area contributed by atoms with Gasteiger partial charge in [0.25, 0.3) is 0 Å². The summed E-state index contributed by atoms with van der Waals surface area (Å²) in [5, 5.41) is 2.87. The first-order chi connectivity index (χ1) is 4.27. The lowest BCUT2D eigenvalue weighted by atomic mass is 10.4.